The molecule has 0 aliphatic carbocycles. The number of sulfonamides is 1. The highest BCUT2D eigenvalue weighted by Crippen LogP contribution is 2.22. The van der Waals surface area contributed by atoms with Gasteiger partial charge in [0.25, 0.3) is 0 Å². The predicted octanol–water partition coefficient (Wildman–Crippen LogP) is -1.22. The summed E-state index contributed by atoms with van der Waals surface area (Å²) >= 11 is 0. The smallest absolute Gasteiger partial charge is 0.242 e. The quantitative estimate of drug-likeness (QED) is 0.710. The third-order valence-corrected chi connectivity index (χ3v) is 4.11. The topological polar surface area (TPSA) is 112 Å². The van der Waals surface area contributed by atoms with Crippen LogP contribution in [0.15, 0.2) is 9.92 Å². The lowest BCUT2D eigenvalue weighted by Gasteiger charge is -2.01. The van der Waals surface area contributed by atoms with Crippen LogP contribution >= 0.6 is 0 Å². The van der Waals surface area contributed by atoms with Gasteiger partial charge < -0.3 is 0 Å². The lowest BCUT2D eigenvalue weighted by molar-refractivity contribution is 0.569. The molecule has 86 valence electrons. The number of aryl methyl sites for hydroxylation is 2. The normalized spacial score (nSPS) is 13.1. The van der Waals surface area contributed by atoms with Crippen LogP contribution in [0.2, 0.25) is 0 Å². The van der Waals surface area contributed by atoms with Gasteiger partial charge in [-0.15, -0.1) is 0 Å². The van der Waals surface area contributed by atoms with Crippen LogP contribution in [0.1, 0.15) is 5.69 Å². The lowest BCUT2D eigenvalue weighted by Crippen LogP contribution is -2.17. The average molecular weight is 253 g/mol. The maximum Gasteiger partial charge on any atom is 0.242 e. The number of hydrogen-bond donors (Lipinski definition) is 1. The summed E-state index contributed by atoms with van der Waals surface area (Å²) in [5.41, 5.74) is 0.0698. The molecule has 0 radical (unpaired) electrons. The third-order valence-electron chi connectivity index (χ3n) is 1.75. The largest absolute Gasteiger partial charge is 0.256 e. The molecule has 0 amide bonds. The van der Waals surface area contributed by atoms with E-state index in [1.165, 1.54) is 14.0 Å². The van der Waals surface area contributed by atoms with Crippen LogP contribution in [0.3, 0.4) is 0 Å². The molecule has 7 nitrogen and oxygen atoms in total. The Morgan fingerprint density at radius 3 is 2.00 bits per heavy atom. The molecule has 1 aromatic rings. The highest BCUT2D eigenvalue weighted by Gasteiger charge is 2.28. The summed E-state index contributed by atoms with van der Waals surface area (Å²) in [4.78, 5) is -0.437. The van der Waals surface area contributed by atoms with E-state index < -0.39 is 24.8 Å². The van der Waals surface area contributed by atoms with Crippen molar-refractivity contribution < 1.29 is 16.8 Å². The first-order chi connectivity index (χ1) is 6.55. The molecule has 0 aliphatic heterocycles. The molecule has 0 atom stereocenters. The molecule has 0 unspecified atom stereocenters. The van der Waals surface area contributed by atoms with Crippen LogP contribution in [0.4, 0.5) is 0 Å². The van der Waals surface area contributed by atoms with Gasteiger partial charge in [-0.25, -0.2) is 22.0 Å². The summed E-state index contributed by atoms with van der Waals surface area (Å²) in [7, 11) is -6.43. The van der Waals surface area contributed by atoms with E-state index in [0.29, 0.717) is 0 Å². The Bertz CT molecular complexity index is 544. The SMILES string of the molecule is Cc1nn(C)c(S(C)(=O)=O)c1S(N)(=O)=O. The molecule has 0 bridgehead atoms. The van der Waals surface area contributed by atoms with Gasteiger partial charge in [-0.1, -0.05) is 0 Å². The molecule has 2 N–H and O–H groups in total. The fourth-order valence-electron chi connectivity index (χ4n) is 1.35. The molecule has 1 heterocycles. The van der Waals surface area contributed by atoms with Crippen molar-refractivity contribution in [3.05, 3.63) is 5.69 Å². The van der Waals surface area contributed by atoms with Crippen molar-refractivity contribution in [2.75, 3.05) is 6.26 Å². The van der Waals surface area contributed by atoms with Crippen LogP contribution in [-0.4, -0.2) is 32.9 Å². The molecule has 0 saturated carbocycles. The zero-order chi connectivity index (χ0) is 12.0. The van der Waals surface area contributed by atoms with E-state index >= 15 is 0 Å². The molecule has 15 heavy (non-hydrogen) atoms. The number of nitrogens with two attached hydrogens (primary N) is 1. The van der Waals surface area contributed by atoms with E-state index in [1.807, 2.05) is 0 Å². The van der Waals surface area contributed by atoms with E-state index in [0.717, 1.165) is 10.9 Å². The van der Waals surface area contributed by atoms with Crippen molar-refractivity contribution in [3.8, 4) is 0 Å². The zero-order valence-corrected chi connectivity index (χ0v) is 10.1. The summed E-state index contributed by atoms with van der Waals surface area (Å²) in [5.74, 6) is 0. The minimum atomic E-state index is -4.09. The van der Waals surface area contributed by atoms with Crippen LogP contribution in [0.25, 0.3) is 0 Å². The van der Waals surface area contributed by atoms with Gasteiger partial charge >= 0.3 is 0 Å². The van der Waals surface area contributed by atoms with Crippen molar-refractivity contribution in [2.45, 2.75) is 16.8 Å². The Hall–Kier alpha value is -0.930. The van der Waals surface area contributed by atoms with Gasteiger partial charge in [-0.05, 0) is 6.92 Å². The van der Waals surface area contributed by atoms with Gasteiger partial charge in [-0.2, -0.15) is 5.10 Å². The second kappa shape index (κ2) is 3.29. The maximum atomic E-state index is 11.4. The first-order valence-electron chi connectivity index (χ1n) is 3.81. The fourth-order valence-corrected chi connectivity index (χ4v) is 3.99. The first-order valence-corrected chi connectivity index (χ1v) is 7.25. The molecule has 0 aliphatic rings. The molecule has 1 rings (SSSR count). The van der Waals surface area contributed by atoms with Crippen molar-refractivity contribution in [1.82, 2.24) is 9.78 Å². The van der Waals surface area contributed by atoms with E-state index in [-0.39, 0.29) is 10.7 Å². The number of aromatic nitrogens is 2. The van der Waals surface area contributed by atoms with Crippen LogP contribution < -0.4 is 5.14 Å². The van der Waals surface area contributed by atoms with Gasteiger partial charge in [0, 0.05) is 13.3 Å². The molecule has 0 fully saturated rings. The Morgan fingerprint density at radius 2 is 1.73 bits per heavy atom. The summed E-state index contributed by atoms with van der Waals surface area (Å²) in [5, 5.41) is 8.26. The van der Waals surface area contributed by atoms with Gasteiger partial charge in [0.1, 0.15) is 4.90 Å². The van der Waals surface area contributed by atoms with E-state index in [4.69, 9.17) is 5.14 Å². The number of hydrogen-bond acceptors (Lipinski definition) is 5. The second-order valence-corrected chi connectivity index (χ2v) is 6.59. The standard InChI is InChI=1S/C6H11N3O4S2/c1-4-5(15(7,12)13)6(9(2)8-4)14(3,10)11/h1-3H3,(H2,7,12,13). The highest BCUT2D eigenvalue weighted by atomic mass is 32.2. The molecule has 0 aromatic carbocycles. The summed E-state index contributed by atoms with van der Waals surface area (Å²) in [6, 6.07) is 0. The molecule has 9 heteroatoms. The summed E-state index contributed by atoms with van der Waals surface area (Å²) < 4.78 is 46.1. The molecular weight excluding hydrogens is 242 g/mol. The number of sulfone groups is 1. The van der Waals surface area contributed by atoms with E-state index in [1.54, 1.807) is 0 Å². The lowest BCUT2D eigenvalue weighted by atomic mass is 10.5. The minimum absolute atomic E-state index is 0.0698. The fraction of sp³-hybridized carbons (Fsp3) is 0.500. The van der Waals surface area contributed by atoms with E-state index in [9.17, 15) is 16.8 Å². The predicted molar refractivity (Wildman–Crippen MR) is 52.4 cm³/mol. The Labute approximate surface area is 87.9 Å². The Morgan fingerprint density at radius 1 is 1.27 bits per heavy atom. The molecule has 0 spiro atoms. The monoisotopic (exact) mass is 253 g/mol. The maximum absolute atomic E-state index is 11.4. The first kappa shape index (κ1) is 12.1. The Balaban J connectivity index is 3.83. The van der Waals surface area contributed by atoms with Gasteiger partial charge in [-0.3, -0.25) is 4.68 Å². The van der Waals surface area contributed by atoms with Crippen molar-refractivity contribution >= 4 is 19.9 Å². The number of rotatable bonds is 2. The van der Waals surface area contributed by atoms with Crippen LogP contribution in [0, 0.1) is 6.92 Å². The molecule has 1 aromatic heterocycles. The minimum Gasteiger partial charge on any atom is -0.256 e. The van der Waals surface area contributed by atoms with Crippen LogP contribution in [-0.2, 0) is 26.9 Å². The molecule has 0 saturated heterocycles. The average Bonchev–Trinajstić information content (AvgIpc) is 2.22. The zero-order valence-electron chi connectivity index (χ0n) is 8.42. The third kappa shape index (κ3) is 2.19. The summed E-state index contributed by atoms with van der Waals surface area (Å²) in [6.07, 6.45) is 0.901. The van der Waals surface area contributed by atoms with Crippen molar-refractivity contribution in [1.29, 1.82) is 0 Å². The van der Waals surface area contributed by atoms with E-state index in [2.05, 4.69) is 5.10 Å². The summed E-state index contributed by atoms with van der Waals surface area (Å²) in [6.45, 7) is 1.38. The van der Waals surface area contributed by atoms with Crippen molar-refractivity contribution in [3.63, 3.8) is 0 Å². The highest BCUT2D eigenvalue weighted by molar-refractivity contribution is 7.93. The Kier molecular flexibility index (Phi) is 2.66. The van der Waals surface area contributed by atoms with Gasteiger partial charge in [0.05, 0.1) is 5.69 Å². The number of nitrogens with zero attached hydrogens (tertiary/aromatic N) is 2. The van der Waals surface area contributed by atoms with Crippen molar-refractivity contribution in [2.24, 2.45) is 12.2 Å². The van der Waals surface area contributed by atoms with Gasteiger partial charge in [0.2, 0.25) is 10.0 Å². The second-order valence-electron chi connectivity index (χ2n) is 3.16. The van der Waals surface area contributed by atoms with Crippen LogP contribution in [0.5, 0.6) is 0 Å². The number of primary sulfonamides is 1. The molecular formula is C6H11N3O4S2. The van der Waals surface area contributed by atoms with Gasteiger partial charge in [0.15, 0.2) is 14.9 Å².